The second-order valence-corrected chi connectivity index (χ2v) is 5.79. The first-order valence-corrected chi connectivity index (χ1v) is 7.33. The Labute approximate surface area is 125 Å². The molecule has 1 fully saturated rings. The van der Waals surface area contributed by atoms with E-state index in [1.807, 2.05) is 65.6 Å². The highest BCUT2D eigenvalue weighted by Gasteiger charge is 2.48. The van der Waals surface area contributed by atoms with Crippen molar-refractivity contribution >= 4 is 5.91 Å². The van der Waals surface area contributed by atoms with Crippen molar-refractivity contribution in [3.63, 3.8) is 0 Å². The van der Waals surface area contributed by atoms with E-state index in [1.54, 1.807) is 0 Å². The van der Waals surface area contributed by atoms with Crippen LogP contribution in [0.25, 0.3) is 0 Å². The molecule has 3 heteroatoms. The van der Waals surface area contributed by atoms with Crippen molar-refractivity contribution < 1.29 is 4.79 Å². The van der Waals surface area contributed by atoms with E-state index in [0.29, 0.717) is 13.1 Å². The van der Waals surface area contributed by atoms with Crippen LogP contribution in [0.3, 0.4) is 0 Å². The molecule has 0 atom stereocenters. The summed E-state index contributed by atoms with van der Waals surface area (Å²) in [6.07, 6.45) is 1.60. The van der Waals surface area contributed by atoms with Crippen LogP contribution >= 0.6 is 0 Å². The van der Waals surface area contributed by atoms with Gasteiger partial charge in [0.25, 0.3) is 0 Å². The van der Waals surface area contributed by atoms with Crippen LogP contribution in [0.4, 0.5) is 0 Å². The Morgan fingerprint density at radius 3 is 1.71 bits per heavy atom. The van der Waals surface area contributed by atoms with Gasteiger partial charge in [0.05, 0.1) is 5.54 Å². The lowest BCUT2D eigenvalue weighted by atomic mass is 10.1. The lowest BCUT2D eigenvalue weighted by Crippen LogP contribution is -2.44. The van der Waals surface area contributed by atoms with Gasteiger partial charge in [-0.2, -0.15) is 0 Å². The molecule has 1 aliphatic carbocycles. The third-order valence-corrected chi connectivity index (χ3v) is 3.93. The van der Waals surface area contributed by atoms with Gasteiger partial charge in [-0.1, -0.05) is 60.7 Å². The highest BCUT2D eigenvalue weighted by molar-refractivity contribution is 5.89. The van der Waals surface area contributed by atoms with Gasteiger partial charge in [0.15, 0.2) is 0 Å². The molecule has 2 N–H and O–H groups in total. The molecule has 0 unspecified atom stereocenters. The number of amides is 1. The van der Waals surface area contributed by atoms with Gasteiger partial charge in [0.2, 0.25) is 5.91 Å². The molecule has 108 valence electrons. The maximum Gasteiger partial charge on any atom is 0.243 e. The smallest absolute Gasteiger partial charge is 0.243 e. The third-order valence-electron chi connectivity index (χ3n) is 3.93. The number of hydrogen-bond donors (Lipinski definition) is 1. The zero-order chi connectivity index (χ0) is 14.7. The summed E-state index contributed by atoms with van der Waals surface area (Å²) in [6.45, 7) is 1.21. The molecule has 0 aromatic heterocycles. The fourth-order valence-electron chi connectivity index (χ4n) is 2.47. The zero-order valence-corrected chi connectivity index (χ0v) is 12.0. The first-order chi connectivity index (χ1) is 10.2. The second-order valence-electron chi connectivity index (χ2n) is 5.79. The number of rotatable bonds is 5. The van der Waals surface area contributed by atoms with Gasteiger partial charge < -0.3 is 10.6 Å². The summed E-state index contributed by atoms with van der Waals surface area (Å²) in [5.74, 6) is 0.0650. The van der Waals surface area contributed by atoms with Crippen LogP contribution in [0.5, 0.6) is 0 Å². The van der Waals surface area contributed by atoms with Crippen molar-refractivity contribution in [3.05, 3.63) is 71.8 Å². The summed E-state index contributed by atoms with van der Waals surface area (Å²) in [7, 11) is 0. The average molecular weight is 280 g/mol. The van der Waals surface area contributed by atoms with E-state index in [9.17, 15) is 4.79 Å². The molecular weight excluding hydrogens is 260 g/mol. The van der Waals surface area contributed by atoms with E-state index in [2.05, 4.69) is 0 Å². The lowest BCUT2D eigenvalue weighted by Gasteiger charge is -2.26. The van der Waals surface area contributed by atoms with E-state index in [1.165, 1.54) is 0 Å². The topological polar surface area (TPSA) is 46.3 Å². The van der Waals surface area contributed by atoms with Crippen molar-refractivity contribution in [2.24, 2.45) is 5.73 Å². The second kappa shape index (κ2) is 5.70. The van der Waals surface area contributed by atoms with Gasteiger partial charge in [0.1, 0.15) is 0 Å². The quantitative estimate of drug-likeness (QED) is 0.915. The van der Waals surface area contributed by atoms with Crippen LogP contribution in [0, 0.1) is 0 Å². The number of carbonyl (C=O) groups excluding carboxylic acids is 1. The van der Waals surface area contributed by atoms with E-state index in [4.69, 9.17) is 5.73 Å². The standard InChI is InChI=1S/C18H20N2O/c19-18(11-12-18)17(21)20(13-15-7-3-1-4-8-15)14-16-9-5-2-6-10-16/h1-10H,11-14,19H2. The molecule has 2 aromatic rings. The lowest BCUT2D eigenvalue weighted by molar-refractivity contribution is -0.134. The van der Waals surface area contributed by atoms with E-state index in [0.717, 1.165) is 24.0 Å². The molecule has 3 rings (SSSR count). The van der Waals surface area contributed by atoms with Crippen molar-refractivity contribution in [1.82, 2.24) is 4.90 Å². The zero-order valence-electron chi connectivity index (χ0n) is 12.0. The number of nitrogens with two attached hydrogens (primary N) is 1. The SMILES string of the molecule is NC1(C(=O)N(Cc2ccccc2)Cc2ccccc2)CC1. The first-order valence-electron chi connectivity index (χ1n) is 7.33. The molecule has 3 nitrogen and oxygen atoms in total. The monoisotopic (exact) mass is 280 g/mol. The van der Waals surface area contributed by atoms with E-state index >= 15 is 0 Å². The third kappa shape index (κ3) is 3.31. The Morgan fingerprint density at radius 1 is 0.905 bits per heavy atom. The fraction of sp³-hybridized carbons (Fsp3) is 0.278. The minimum absolute atomic E-state index is 0.0650. The fourth-order valence-corrected chi connectivity index (χ4v) is 2.47. The normalized spacial score (nSPS) is 15.5. The maximum atomic E-state index is 12.6. The Bertz CT molecular complexity index is 564. The molecule has 2 aromatic carbocycles. The van der Waals surface area contributed by atoms with Crippen LogP contribution in [-0.2, 0) is 17.9 Å². The summed E-state index contributed by atoms with van der Waals surface area (Å²) >= 11 is 0. The van der Waals surface area contributed by atoms with Crippen LogP contribution in [-0.4, -0.2) is 16.3 Å². The first kappa shape index (κ1) is 13.8. The average Bonchev–Trinajstić information content (AvgIpc) is 3.27. The van der Waals surface area contributed by atoms with Crippen molar-refractivity contribution in [1.29, 1.82) is 0 Å². The molecule has 0 bridgehead atoms. The van der Waals surface area contributed by atoms with Crippen molar-refractivity contribution in [3.8, 4) is 0 Å². The molecule has 0 heterocycles. The number of nitrogens with zero attached hydrogens (tertiary/aromatic N) is 1. The minimum atomic E-state index is -0.621. The molecule has 21 heavy (non-hydrogen) atoms. The molecule has 1 aliphatic rings. The number of hydrogen-bond acceptors (Lipinski definition) is 2. The highest BCUT2D eigenvalue weighted by atomic mass is 16.2. The molecule has 0 radical (unpaired) electrons. The largest absolute Gasteiger partial charge is 0.332 e. The maximum absolute atomic E-state index is 12.6. The van der Waals surface area contributed by atoms with E-state index < -0.39 is 5.54 Å². The number of carbonyl (C=O) groups is 1. The minimum Gasteiger partial charge on any atom is -0.332 e. The summed E-state index contributed by atoms with van der Waals surface area (Å²) < 4.78 is 0. The Morgan fingerprint density at radius 2 is 1.33 bits per heavy atom. The van der Waals surface area contributed by atoms with Crippen LogP contribution in [0.1, 0.15) is 24.0 Å². The van der Waals surface area contributed by atoms with Crippen LogP contribution in [0.2, 0.25) is 0 Å². The molecule has 0 saturated heterocycles. The molecular formula is C18H20N2O. The van der Waals surface area contributed by atoms with Gasteiger partial charge in [-0.15, -0.1) is 0 Å². The highest BCUT2D eigenvalue weighted by Crippen LogP contribution is 2.35. The Hall–Kier alpha value is -2.13. The Balaban J connectivity index is 1.79. The molecule has 1 saturated carbocycles. The van der Waals surface area contributed by atoms with Crippen LogP contribution in [0.15, 0.2) is 60.7 Å². The van der Waals surface area contributed by atoms with Gasteiger partial charge >= 0.3 is 0 Å². The molecule has 0 aliphatic heterocycles. The van der Waals surface area contributed by atoms with Crippen molar-refractivity contribution in [2.75, 3.05) is 0 Å². The summed E-state index contributed by atoms with van der Waals surface area (Å²) in [5.41, 5.74) is 7.75. The van der Waals surface area contributed by atoms with Gasteiger partial charge in [-0.25, -0.2) is 0 Å². The summed E-state index contributed by atoms with van der Waals surface area (Å²) in [6, 6.07) is 20.1. The number of benzene rings is 2. The van der Waals surface area contributed by atoms with Gasteiger partial charge in [0, 0.05) is 13.1 Å². The van der Waals surface area contributed by atoms with Crippen molar-refractivity contribution in [2.45, 2.75) is 31.5 Å². The Kier molecular flexibility index (Phi) is 3.76. The van der Waals surface area contributed by atoms with Gasteiger partial charge in [-0.05, 0) is 24.0 Å². The molecule has 0 spiro atoms. The molecule has 1 amide bonds. The summed E-state index contributed by atoms with van der Waals surface area (Å²) in [5, 5.41) is 0. The van der Waals surface area contributed by atoms with E-state index in [-0.39, 0.29) is 5.91 Å². The predicted octanol–water partition coefficient (Wildman–Crippen LogP) is 2.71. The predicted molar refractivity (Wildman–Crippen MR) is 83.3 cm³/mol. The van der Waals surface area contributed by atoms with Gasteiger partial charge in [-0.3, -0.25) is 4.79 Å². The summed E-state index contributed by atoms with van der Waals surface area (Å²) in [4.78, 5) is 14.5. The van der Waals surface area contributed by atoms with Crippen LogP contribution < -0.4 is 5.73 Å².